The van der Waals surface area contributed by atoms with Crippen molar-refractivity contribution in [2.45, 2.75) is 26.7 Å². The van der Waals surface area contributed by atoms with E-state index >= 15 is 0 Å². The van der Waals surface area contributed by atoms with Crippen LogP contribution in [0.1, 0.15) is 26.7 Å². The van der Waals surface area contributed by atoms with Gasteiger partial charge in [-0.3, -0.25) is 4.99 Å². The Hall–Kier alpha value is -0.560. The summed E-state index contributed by atoms with van der Waals surface area (Å²) >= 11 is 5.91. The fourth-order valence-electron chi connectivity index (χ4n) is 1.99. The van der Waals surface area contributed by atoms with Gasteiger partial charge in [-0.2, -0.15) is 0 Å². The summed E-state index contributed by atoms with van der Waals surface area (Å²) in [6, 6.07) is 0. The molecule has 1 aliphatic carbocycles. The van der Waals surface area contributed by atoms with Gasteiger partial charge in [-0.05, 0) is 18.3 Å². The van der Waals surface area contributed by atoms with Crippen molar-refractivity contribution in [1.82, 2.24) is 0 Å². The zero-order chi connectivity index (χ0) is 11.3. The first-order chi connectivity index (χ1) is 7.14. The van der Waals surface area contributed by atoms with E-state index in [0.29, 0.717) is 11.8 Å². The normalized spacial score (nSPS) is 28.9. The zero-order valence-corrected chi connectivity index (χ0v) is 10.6. The van der Waals surface area contributed by atoms with E-state index in [1.807, 2.05) is 7.05 Å². The molecule has 15 heavy (non-hydrogen) atoms. The van der Waals surface area contributed by atoms with Crippen molar-refractivity contribution in [3.63, 3.8) is 0 Å². The summed E-state index contributed by atoms with van der Waals surface area (Å²) in [5.74, 6) is 0.934. The molecule has 0 N–H and O–H groups in total. The summed E-state index contributed by atoms with van der Waals surface area (Å²) in [7, 11) is 1.83. The van der Waals surface area contributed by atoms with Gasteiger partial charge in [-0.1, -0.05) is 38.2 Å². The Kier molecular flexibility index (Phi) is 4.59. The maximum Gasteiger partial charge on any atom is 0.0606 e. The number of rotatable bonds is 3. The number of allylic oxidation sites excluding steroid dienone is 4. The summed E-state index contributed by atoms with van der Waals surface area (Å²) in [4.78, 5) is 4.28. The van der Waals surface area contributed by atoms with Crippen LogP contribution < -0.4 is 0 Å². The van der Waals surface area contributed by atoms with E-state index in [-0.39, 0.29) is 5.41 Å². The van der Waals surface area contributed by atoms with Crippen LogP contribution in [0, 0.1) is 11.3 Å². The Morgan fingerprint density at radius 1 is 1.47 bits per heavy atom. The second-order valence-corrected chi connectivity index (χ2v) is 4.66. The molecular formula is C13H20ClN. The van der Waals surface area contributed by atoms with Gasteiger partial charge in [0.25, 0.3) is 0 Å². The molecular weight excluding hydrogens is 206 g/mol. The maximum atomic E-state index is 5.91. The predicted octanol–water partition coefficient (Wildman–Crippen LogP) is 3.84. The minimum absolute atomic E-state index is 0.163. The Bertz CT molecular complexity index is 291. The van der Waals surface area contributed by atoms with Crippen molar-refractivity contribution in [2.24, 2.45) is 16.3 Å². The van der Waals surface area contributed by atoms with Crippen molar-refractivity contribution >= 4 is 17.3 Å². The Morgan fingerprint density at radius 3 is 2.80 bits per heavy atom. The first kappa shape index (κ1) is 12.5. The Labute approximate surface area is 97.9 Å². The SMILES string of the molecule is CN=C(CCl)C(C)C1(C)C=CCC=CC1. The van der Waals surface area contributed by atoms with Gasteiger partial charge >= 0.3 is 0 Å². The first-order valence-electron chi connectivity index (χ1n) is 5.48. The smallest absolute Gasteiger partial charge is 0.0606 e. The fraction of sp³-hybridized carbons (Fsp3) is 0.615. The molecule has 1 aliphatic rings. The lowest BCUT2D eigenvalue weighted by Crippen LogP contribution is -2.30. The van der Waals surface area contributed by atoms with Gasteiger partial charge in [0.1, 0.15) is 0 Å². The summed E-state index contributed by atoms with van der Waals surface area (Å²) < 4.78 is 0. The molecule has 84 valence electrons. The first-order valence-corrected chi connectivity index (χ1v) is 6.01. The van der Waals surface area contributed by atoms with E-state index < -0.39 is 0 Å². The van der Waals surface area contributed by atoms with Gasteiger partial charge in [0.15, 0.2) is 0 Å². The van der Waals surface area contributed by atoms with Crippen LogP contribution in [0.4, 0.5) is 0 Å². The zero-order valence-electron chi connectivity index (χ0n) is 9.83. The van der Waals surface area contributed by atoms with Crippen molar-refractivity contribution in [2.75, 3.05) is 12.9 Å². The minimum Gasteiger partial charge on any atom is -0.296 e. The molecule has 0 saturated carbocycles. The molecule has 0 spiro atoms. The van der Waals surface area contributed by atoms with E-state index in [2.05, 4.69) is 43.1 Å². The third kappa shape index (κ3) is 2.94. The lowest BCUT2D eigenvalue weighted by Gasteiger charge is -2.32. The van der Waals surface area contributed by atoms with E-state index in [1.54, 1.807) is 0 Å². The predicted molar refractivity (Wildman–Crippen MR) is 68.9 cm³/mol. The molecule has 0 fully saturated rings. The molecule has 2 atom stereocenters. The van der Waals surface area contributed by atoms with Crippen LogP contribution in [0.25, 0.3) is 0 Å². The standard InChI is InChI=1S/C13H20ClN/c1-11(12(10-14)15-3)13(2)8-6-4-5-7-9-13/h4,6-7,9,11H,5,8,10H2,1-3H3. The molecule has 0 amide bonds. The molecule has 0 aliphatic heterocycles. The van der Waals surface area contributed by atoms with Gasteiger partial charge in [0.2, 0.25) is 0 Å². The Balaban J connectivity index is 2.88. The summed E-state index contributed by atoms with van der Waals surface area (Å²) in [6.45, 7) is 4.50. The monoisotopic (exact) mass is 225 g/mol. The molecule has 0 radical (unpaired) electrons. The lowest BCUT2D eigenvalue weighted by molar-refractivity contribution is 0.352. The van der Waals surface area contributed by atoms with Crippen LogP contribution in [0.5, 0.6) is 0 Å². The number of halogens is 1. The quantitative estimate of drug-likeness (QED) is 0.393. The average Bonchev–Trinajstić information content (AvgIpc) is 2.46. The molecule has 0 bridgehead atoms. The largest absolute Gasteiger partial charge is 0.296 e. The molecule has 0 aromatic carbocycles. The van der Waals surface area contributed by atoms with Gasteiger partial charge in [-0.15, -0.1) is 11.6 Å². The molecule has 0 aromatic heterocycles. The summed E-state index contributed by atoms with van der Waals surface area (Å²) in [5, 5.41) is 0. The van der Waals surface area contributed by atoms with Crippen LogP contribution in [0.15, 0.2) is 29.3 Å². The summed E-state index contributed by atoms with van der Waals surface area (Å²) in [6.07, 6.45) is 11.1. The van der Waals surface area contributed by atoms with Gasteiger partial charge in [-0.25, -0.2) is 0 Å². The van der Waals surface area contributed by atoms with Gasteiger partial charge < -0.3 is 0 Å². The van der Waals surface area contributed by atoms with E-state index in [9.17, 15) is 0 Å². The second kappa shape index (κ2) is 5.50. The van der Waals surface area contributed by atoms with Crippen molar-refractivity contribution in [3.05, 3.63) is 24.3 Å². The van der Waals surface area contributed by atoms with E-state index in [0.717, 1.165) is 18.6 Å². The molecule has 1 nitrogen and oxygen atoms in total. The minimum atomic E-state index is 0.163. The molecule has 2 heteroatoms. The fourth-order valence-corrected chi connectivity index (χ4v) is 2.34. The molecule has 0 aromatic rings. The van der Waals surface area contributed by atoms with Crippen molar-refractivity contribution in [1.29, 1.82) is 0 Å². The topological polar surface area (TPSA) is 12.4 Å². The van der Waals surface area contributed by atoms with Gasteiger partial charge in [0.05, 0.1) is 5.88 Å². The summed E-state index contributed by atoms with van der Waals surface area (Å²) in [5.41, 5.74) is 1.26. The lowest BCUT2D eigenvalue weighted by atomic mass is 9.73. The van der Waals surface area contributed by atoms with Crippen molar-refractivity contribution in [3.8, 4) is 0 Å². The molecule has 1 rings (SSSR count). The number of hydrogen-bond donors (Lipinski definition) is 0. The van der Waals surface area contributed by atoms with E-state index in [4.69, 9.17) is 11.6 Å². The highest BCUT2D eigenvalue weighted by atomic mass is 35.5. The average molecular weight is 226 g/mol. The third-order valence-corrected chi connectivity index (χ3v) is 3.68. The molecule has 0 saturated heterocycles. The Morgan fingerprint density at radius 2 is 2.20 bits per heavy atom. The number of alkyl halides is 1. The highest BCUT2D eigenvalue weighted by molar-refractivity contribution is 6.29. The van der Waals surface area contributed by atoms with Crippen LogP contribution in [-0.4, -0.2) is 18.6 Å². The second-order valence-electron chi connectivity index (χ2n) is 4.39. The van der Waals surface area contributed by atoms with E-state index in [1.165, 1.54) is 0 Å². The van der Waals surface area contributed by atoms with Crippen LogP contribution >= 0.6 is 11.6 Å². The highest BCUT2D eigenvalue weighted by Crippen LogP contribution is 2.36. The van der Waals surface area contributed by atoms with Crippen LogP contribution in [0.3, 0.4) is 0 Å². The number of hydrogen-bond acceptors (Lipinski definition) is 1. The number of nitrogens with zero attached hydrogens (tertiary/aromatic N) is 1. The van der Waals surface area contributed by atoms with Crippen LogP contribution in [-0.2, 0) is 0 Å². The van der Waals surface area contributed by atoms with Crippen LogP contribution in [0.2, 0.25) is 0 Å². The highest BCUT2D eigenvalue weighted by Gasteiger charge is 2.30. The van der Waals surface area contributed by atoms with Gasteiger partial charge in [0, 0.05) is 18.7 Å². The molecule has 2 unspecified atom stereocenters. The maximum absolute atomic E-state index is 5.91. The third-order valence-electron chi connectivity index (χ3n) is 3.41. The van der Waals surface area contributed by atoms with Crippen molar-refractivity contribution < 1.29 is 0 Å². The molecule has 0 heterocycles. The number of aliphatic imine (C=N–C) groups is 1.